The van der Waals surface area contributed by atoms with Gasteiger partial charge in [-0.05, 0) is 49.8 Å². The fraction of sp³-hybridized carbons (Fsp3) is 0.545. The number of rotatable bonds is 6. The first-order valence-corrected chi connectivity index (χ1v) is 10.5. The molecule has 1 saturated carbocycles. The Bertz CT molecular complexity index is 877. The molecule has 1 aliphatic carbocycles. The van der Waals surface area contributed by atoms with Gasteiger partial charge < -0.3 is 20.1 Å². The Kier molecular flexibility index (Phi) is 5.09. The van der Waals surface area contributed by atoms with Gasteiger partial charge >= 0.3 is 0 Å². The van der Waals surface area contributed by atoms with Crippen molar-refractivity contribution < 1.29 is 13.9 Å². The van der Waals surface area contributed by atoms with E-state index in [9.17, 15) is 4.39 Å². The molecule has 2 unspecified atom stereocenters. The monoisotopic (exact) mass is 398 g/mol. The predicted octanol–water partition coefficient (Wildman–Crippen LogP) is 3.52. The SMILES string of the molecule is Cc1c(Nc2ccc(CC3CC3)cc2F)ncnc1OC1CC2COCC(C1)N2. The molecule has 7 heteroatoms. The van der Waals surface area contributed by atoms with Crippen LogP contribution in [0.3, 0.4) is 0 Å². The molecule has 0 spiro atoms. The molecule has 2 aliphatic heterocycles. The van der Waals surface area contributed by atoms with Gasteiger partial charge in [-0.1, -0.05) is 6.07 Å². The highest BCUT2D eigenvalue weighted by Gasteiger charge is 2.33. The van der Waals surface area contributed by atoms with E-state index >= 15 is 0 Å². The maximum absolute atomic E-state index is 14.6. The second-order valence-electron chi connectivity index (χ2n) is 8.55. The Balaban J connectivity index is 1.29. The van der Waals surface area contributed by atoms with Crippen molar-refractivity contribution in [3.05, 3.63) is 41.5 Å². The Hall–Kier alpha value is -2.25. The van der Waals surface area contributed by atoms with E-state index in [1.165, 1.54) is 19.2 Å². The zero-order valence-corrected chi connectivity index (χ0v) is 16.7. The fourth-order valence-corrected chi connectivity index (χ4v) is 4.29. The Morgan fingerprint density at radius 3 is 2.72 bits per heavy atom. The first-order valence-electron chi connectivity index (χ1n) is 10.5. The van der Waals surface area contributed by atoms with Crippen molar-refractivity contribution in [3.63, 3.8) is 0 Å². The van der Waals surface area contributed by atoms with Crippen LogP contribution in [0.15, 0.2) is 24.5 Å². The highest BCUT2D eigenvalue weighted by Crippen LogP contribution is 2.34. The number of nitrogens with one attached hydrogen (secondary N) is 2. The summed E-state index contributed by atoms with van der Waals surface area (Å²) in [6.45, 7) is 3.35. The van der Waals surface area contributed by atoms with E-state index in [-0.39, 0.29) is 11.9 Å². The summed E-state index contributed by atoms with van der Waals surface area (Å²) < 4.78 is 26.4. The van der Waals surface area contributed by atoms with Crippen molar-refractivity contribution in [2.24, 2.45) is 5.92 Å². The molecule has 0 amide bonds. The third-order valence-electron chi connectivity index (χ3n) is 6.03. The van der Waals surface area contributed by atoms with Gasteiger partial charge in [0.2, 0.25) is 5.88 Å². The number of nitrogens with zero attached hydrogens (tertiary/aromatic N) is 2. The third kappa shape index (κ3) is 4.36. The molecule has 1 aromatic carbocycles. The minimum Gasteiger partial charge on any atom is -0.474 e. The Morgan fingerprint density at radius 1 is 1.21 bits per heavy atom. The summed E-state index contributed by atoms with van der Waals surface area (Å²) in [5.74, 6) is 1.60. The lowest BCUT2D eigenvalue weighted by atomic mass is 9.95. The first-order chi connectivity index (χ1) is 14.1. The van der Waals surface area contributed by atoms with Gasteiger partial charge in [-0.15, -0.1) is 0 Å². The summed E-state index contributed by atoms with van der Waals surface area (Å²) in [6, 6.07) is 6.08. The van der Waals surface area contributed by atoms with E-state index in [4.69, 9.17) is 9.47 Å². The summed E-state index contributed by atoms with van der Waals surface area (Å²) in [5, 5.41) is 6.68. The molecule has 2 aromatic rings. The molecular weight excluding hydrogens is 371 g/mol. The van der Waals surface area contributed by atoms with E-state index in [1.54, 1.807) is 12.1 Å². The number of benzene rings is 1. The zero-order valence-electron chi connectivity index (χ0n) is 16.7. The molecule has 2 bridgehead atoms. The topological polar surface area (TPSA) is 68.3 Å². The fourth-order valence-electron chi connectivity index (χ4n) is 4.29. The van der Waals surface area contributed by atoms with Crippen LogP contribution < -0.4 is 15.4 Å². The highest BCUT2D eigenvalue weighted by atomic mass is 19.1. The number of hydrogen-bond donors (Lipinski definition) is 2. The molecule has 2 atom stereocenters. The number of ether oxygens (including phenoxy) is 2. The summed E-state index contributed by atoms with van der Waals surface area (Å²) in [7, 11) is 0. The van der Waals surface area contributed by atoms with Gasteiger partial charge in [0.15, 0.2) is 0 Å². The molecule has 154 valence electrons. The van der Waals surface area contributed by atoms with Crippen LogP contribution >= 0.6 is 0 Å². The summed E-state index contributed by atoms with van der Waals surface area (Å²) in [5.41, 5.74) is 2.26. The van der Waals surface area contributed by atoms with Crippen molar-refractivity contribution in [1.82, 2.24) is 15.3 Å². The van der Waals surface area contributed by atoms with Crippen LogP contribution in [0.1, 0.15) is 36.8 Å². The average molecular weight is 398 g/mol. The van der Waals surface area contributed by atoms with Gasteiger partial charge in [0, 0.05) is 24.9 Å². The van der Waals surface area contributed by atoms with Crippen LogP contribution in [0, 0.1) is 18.7 Å². The van der Waals surface area contributed by atoms with E-state index in [0.717, 1.165) is 49.5 Å². The molecule has 5 rings (SSSR count). The summed E-state index contributed by atoms with van der Waals surface area (Å²) in [4.78, 5) is 8.63. The lowest BCUT2D eigenvalue weighted by Gasteiger charge is -2.39. The minimum absolute atomic E-state index is 0.0926. The molecule has 3 fully saturated rings. The van der Waals surface area contributed by atoms with E-state index < -0.39 is 0 Å². The highest BCUT2D eigenvalue weighted by molar-refractivity contribution is 5.61. The van der Waals surface area contributed by atoms with Crippen LogP contribution in [0.5, 0.6) is 5.88 Å². The second kappa shape index (κ2) is 7.88. The molecular formula is C22H27FN4O2. The predicted molar refractivity (Wildman–Crippen MR) is 108 cm³/mol. The van der Waals surface area contributed by atoms with Gasteiger partial charge in [0.1, 0.15) is 24.1 Å². The van der Waals surface area contributed by atoms with Crippen LogP contribution in [-0.2, 0) is 11.2 Å². The standard InChI is InChI=1S/C22H27FN4O2/c1-13-21(27-20-5-4-15(7-19(20)23)6-14-2-3-14)24-12-25-22(13)29-18-8-16-10-28-11-17(9-18)26-16/h4-5,7,12,14,16-18,26H,2-3,6,8-11H2,1H3,(H,24,25,27). The van der Waals surface area contributed by atoms with Crippen molar-refractivity contribution >= 4 is 11.5 Å². The van der Waals surface area contributed by atoms with Gasteiger partial charge in [0.25, 0.3) is 0 Å². The largest absolute Gasteiger partial charge is 0.474 e. The molecule has 2 N–H and O–H groups in total. The lowest BCUT2D eigenvalue weighted by molar-refractivity contribution is -0.0134. The molecule has 29 heavy (non-hydrogen) atoms. The van der Waals surface area contributed by atoms with Gasteiger partial charge in [0.05, 0.1) is 24.5 Å². The van der Waals surface area contributed by atoms with Crippen LogP contribution in [0.4, 0.5) is 15.9 Å². The number of aromatic nitrogens is 2. The molecule has 3 aliphatic rings. The van der Waals surface area contributed by atoms with E-state index in [0.29, 0.717) is 29.5 Å². The molecule has 3 heterocycles. The quantitative estimate of drug-likeness (QED) is 0.776. The second-order valence-corrected chi connectivity index (χ2v) is 8.55. The van der Waals surface area contributed by atoms with E-state index in [2.05, 4.69) is 20.6 Å². The average Bonchev–Trinajstić information content (AvgIpc) is 3.51. The van der Waals surface area contributed by atoms with Crippen LogP contribution in [0.2, 0.25) is 0 Å². The van der Waals surface area contributed by atoms with Crippen molar-refractivity contribution in [2.45, 2.75) is 57.2 Å². The third-order valence-corrected chi connectivity index (χ3v) is 6.03. The smallest absolute Gasteiger partial charge is 0.221 e. The summed E-state index contributed by atoms with van der Waals surface area (Å²) in [6.07, 6.45) is 6.82. The number of morpholine rings is 1. The number of hydrogen-bond acceptors (Lipinski definition) is 6. The normalized spacial score (nSPS) is 26.2. The first kappa shape index (κ1) is 18.8. The van der Waals surface area contributed by atoms with Gasteiger partial charge in [-0.25, -0.2) is 14.4 Å². The number of anilines is 2. The molecule has 1 aromatic heterocycles. The maximum atomic E-state index is 14.6. The van der Waals surface area contributed by atoms with E-state index in [1.807, 2.05) is 13.0 Å². The van der Waals surface area contributed by atoms with Crippen molar-refractivity contribution in [3.8, 4) is 5.88 Å². The lowest BCUT2D eigenvalue weighted by Crippen LogP contribution is -2.56. The number of fused-ring (bicyclic) bond motifs is 2. The van der Waals surface area contributed by atoms with Gasteiger partial charge in [-0.3, -0.25) is 0 Å². The number of piperidine rings is 1. The Morgan fingerprint density at radius 2 is 2.00 bits per heavy atom. The van der Waals surface area contributed by atoms with Crippen LogP contribution in [0.25, 0.3) is 0 Å². The van der Waals surface area contributed by atoms with Crippen molar-refractivity contribution in [2.75, 3.05) is 18.5 Å². The zero-order chi connectivity index (χ0) is 19.8. The number of halogens is 1. The van der Waals surface area contributed by atoms with Gasteiger partial charge in [-0.2, -0.15) is 0 Å². The maximum Gasteiger partial charge on any atom is 0.221 e. The Labute approximate surface area is 170 Å². The minimum atomic E-state index is -0.255. The summed E-state index contributed by atoms with van der Waals surface area (Å²) >= 11 is 0. The molecule has 6 nitrogen and oxygen atoms in total. The molecule has 2 saturated heterocycles. The van der Waals surface area contributed by atoms with Crippen molar-refractivity contribution in [1.29, 1.82) is 0 Å². The van der Waals surface area contributed by atoms with Crippen LogP contribution in [-0.4, -0.2) is 41.4 Å². The molecule has 0 radical (unpaired) electrons.